The lowest BCUT2D eigenvalue weighted by molar-refractivity contribution is -0.121. The highest BCUT2D eigenvalue weighted by molar-refractivity contribution is 7.09. The summed E-state index contributed by atoms with van der Waals surface area (Å²) in [7, 11) is 0. The number of thiazole rings is 1. The Morgan fingerprint density at radius 2 is 1.70 bits per heavy atom. The van der Waals surface area contributed by atoms with Crippen molar-refractivity contribution in [3.8, 4) is 11.4 Å². The van der Waals surface area contributed by atoms with Gasteiger partial charge in [0.2, 0.25) is 5.91 Å². The SMILES string of the molecule is O=C(CN1C(=O)c2ccccc2C1=O)NCc1nc(-c2ccccn2)cs1. The lowest BCUT2D eigenvalue weighted by Crippen LogP contribution is -2.40. The van der Waals surface area contributed by atoms with Crippen molar-refractivity contribution >= 4 is 29.1 Å². The molecule has 3 amide bonds. The van der Waals surface area contributed by atoms with Crippen molar-refractivity contribution in [2.24, 2.45) is 0 Å². The normalized spacial score (nSPS) is 13.0. The quantitative estimate of drug-likeness (QED) is 0.687. The second kappa shape index (κ2) is 7.08. The van der Waals surface area contributed by atoms with Crippen LogP contribution in [0.5, 0.6) is 0 Å². The maximum absolute atomic E-state index is 12.3. The van der Waals surface area contributed by atoms with Crippen LogP contribution in [0.1, 0.15) is 25.7 Å². The number of aromatic nitrogens is 2. The molecule has 0 fully saturated rings. The van der Waals surface area contributed by atoms with Crippen LogP contribution < -0.4 is 5.32 Å². The summed E-state index contributed by atoms with van der Waals surface area (Å²) in [5.74, 6) is -1.31. The average Bonchev–Trinajstić information content (AvgIpc) is 3.27. The Bertz CT molecular complexity index is 997. The predicted molar refractivity (Wildman–Crippen MR) is 99.0 cm³/mol. The van der Waals surface area contributed by atoms with Gasteiger partial charge in [-0.2, -0.15) is 0 Å². The van der Waals surface area contributed by atoms with Gasteiger partial charge in [0.1, 0.15) is 11.6 Å². The molecule has 3 heterocycles. The molecule has 0 spiro atoms. The van der Waals surface area contributed by atoms with Gasteiger partial charge in [-0.15, -0.1) is 11.3 Å². The molecule has 0 aliphatic carbocycles. The van der Waals surface area contributed by atoms with E-state index < -0.39 is 17.7 Å². The standard InChI is InChI=1S/C19H14N4O3S/c24-16(10-23-18(25)12-5-1-2-6-13(12)19(23)26)21-9-17-22-15(11-27-17)14-7-3-4-8-20-14/h1-8,11H,9-10H2,(H,21,24). The number of rotatable bonds is 5. The lowest BCUT2D eigenvalue weighted by atomic mass is 10.1. The van der Waals surface area contributed by atoms with Crippen LogP contribution in [0, 0.1) is 0 Å². The number of fused-ring (bicyclic) bond motifs is 1. The Morgan fingerprint density at radius 3 is 2.37 bits per heavy atom. The molecule has 134 valence electrons. The Kier molecular flexibility index (Phi) is 4.47. The maximum atomic E-state index is 12.3. The van der Waals surface area contributed by atoms with Crippen molar-refractivity contribution in [1.29, 1.82) is 0 Å². The molecule has 7 nitrogen and oxygen atoms in total. The summed E-state index contributed by atoms with van der Waals surface area (Å²) < 4.78 is 0. The van der Waals surface area contributed by atoms with Crippen LogP contribution >= 0.6 is 11.3 Å². The van der Waals surface area contributed by atoms with Gasteiger partial charge in [-0.3, -0.25) is 24.3 Å². The van der Waals surface area contributed by atoms with Crippen LogP contribution in [-0.4, -0.2) is 39.1 Å². The molecule has 1 aliphatic rings. The van der Waals surface area contributed by atoms with E-state index in [-0.39, 0.29) is 13.1 Å². The van der Waals surface area contributed by atoms with E-state index in [4.69, 9.17) is 0 Å². The van der Waals surface area contributed by atoms with Crippen LogP contribution in [0.25, 0.3) is 11.4 Å². The molecule has 0 bridgehead atoms. The smallest absolute Gasteiger partial charge is 0.262 e. The molecular formula is C19H14N4O3S. The number of carbonyl (C=O) groups is 3. The second-order valence-corrected chi connectivity index (χ2v) is 6.80. The van der Waals surface area contributed by atoms with Gasteiger partial charge < -0.3 is 5.32 Å². The molecule has 0 saturated carbocycles. The first kappa shape index (κ1) is 17.0. The van der Waals surface area contributed by atoms with Gasteiger partial charge in [0.05, 0.1) is 29.1 Å². The highest BCUT2D eigenvalue weighted by Crippen LogP contribution is 2.22. The zero-order chi connectivity index (χ0) is 18.8. The van der Waals surface area contributed by atoms with E-state index in [1.54, 1.807) is 30.5 Å². The van der Waals surface area contributed by atoms with Crippen molar-refractivity contribution in [3.63, 3.8) is 0 Å². The second-order valence-electron chi connectivity index (χ2n) is 5.86. The third-order valence-corrected chi connectivity index (χ3v) is 4.94. The van der Waals surface area contributed by atoms with E-state index >= 15 is 0 Å². The van der Waals surface area contributed by atoms with Gasteiger partial charge >= 0.3 is 0 Å². The van der Waals surface area contributed by atoms with Gasteiger partial charge in [0.15, 0.2) is 0 Å². The molecule has 27 heavy (non-hydrogen) atoms. The summed E-state index contributed by atoms with van der Waals surface area (Å²) >= 11 is 1.41. The topological polar surface area (TPSA) is 92.3 Å². The van der Waals surface area contributed by atoms with Crippen LogP contribution in [0.4, 0.5) is 0 Å². The van der Waals surface area contributed by atoms with Crippen molar-refractivity contribution in [3.05, 3.63) is 70.2 Å². The highest BCUT2D eigenvalue weighted by Gasteiger charge is 2.36. The Hall–Kier alpha value is -3.39. The van der Waals surface area contributed by atoms with Gasteiger partial charge in [-0.05, 0) is 24.3 Å². The van der Waals surface area contributed by atoms with Crippen molar-refractivity contribution in [1.82, 2.24) is 20.2 Å². The summed E-state index contributed by atoms with van der Waals surface area (Å²) in [5, 5.41) is 5.28. The summed E-state index contributed by atoms with van der Waals surface area (Å²) in [4.78, 5) is 46.4. The van der Waals surface area contributed by atoms with E-state index in [9.17, 15) is 14.4 Å². The number of benzene rings is 1. The van der Waals surface area contributed by atoms with Crippen LogP contribution in [-0.2, 0) is 11.3 Å². The van der Waals surface area contributed by atoms with Crippen LogP contribution in [0.2, 0.25) is 0 Å². The molecule has 0 radical (unpaired) electrons. The highest BCUT2D eigenvalue weighted by atomic mass is 32.1. The molecule has 3 aromatic rings. The molecule has 1 aromatic carbocycles. The van der Waals surface area contributed by atoms with E-state index in [2.05, 4.69) is 15.3 Å². The molecule has 0 unspecified atom stereocenters. The molecule has 0 atom stereocenters. The van der Waals surface area contributed by atoms with Crippen molar-refractivity contribution < 1.29 is 14.4 Å². The van der Waals surface area contributed by atoms with Crippen molar-refractivity contribution in [2.45, 2.75) is 6.54 Å². The number of hydrogen-bond acceptors (Lipinski definition) is 6. The minimum Gasteiger partial charge on any atom is -0.348 e. The summed E-state index contributed by atoms with van der Waals surface area (Å²) in [5.41, 5.74) is 2.16. The zero-order valence-electron chi connectivity index (χ0n) is 14.1. The van der Waals surface area contributed by atoms with Gasteiger partial charge in [-0.25, -0.2) is 4.98 Å². The van der Waals surface area contributed by atoms with Crippen molar-refractivity contribution in [2.75, 3.05) is 6.54 Å². The van der Waals surface area contributed by atoms with E-state index in [0.29, 0.717) is 16.1 Å². The first-order chi connectivity index (χ1) is 13.1. The van der Waals surface area contributed by atoms with Gasteiger partial charge in [0, 0.05) is 11.6 Å². The fraction of sp³-hybridized carbons (Fsp3) is 0.105. The number of imide groups is 1. The summed E-state index contributed by atoms with van der Waals surface area (Å²) in [6.45, 7) is -0.0929. The average molecular weight is 378 g/mol. The zero-order valence-corrected chi connectivity index (χ0v) is 14.9. The number of amides is 3. The minimum atomic E-state index is -0.447. The number of hydrogen-bond donors (Lipinski definition) is 1. The Balaban J connectivity index is 1.37. The summed E-state index contributed by atoms with van der Waals surface area (Å²) in [6.07, 6.45) is 1.69. The monoisotopic (exact) mass is 378 g/mol. The third-order valence-electron chi connectivity index (χ3n) is 4.10. The number of carbonyl (C=O) groups excluding carboxylic acids is 3. The summed E-state index contributed by atoms with van der Waals surface area (Å²) in [6, 6.07) is 12.1. The molecule has 0 saturated heterocycles. The molecular weight excluding hydrogens is 364 g/mol. The van der Waals surface area contributed by atoms with Crippen LogP contribution in [0.15, 0.2) is 54.0 Å². The number of nitrogens with one attached hydrogen (secondary N) is 1. The molecule has 2 aromatic heterocycles. The molecule has 1 N–H and O–H groups in total. The number of pyridine rings is 1. The maximum Gasteiger partial charge on any atom is 0.262 e. The fourth-order valence-electron chi connectivity index (χ4n) is 2.78. The lowest BCUT2D eigenvalue weighted by Gasteiger charge is -2.13. The van der Waals surface area contributed by atoms with E-state index in [0.717, 1.165) is 16.3 Å². The minimum absolute atomic E-state index is 0.222. The Labute approximate surface area is 158 Å². The molecule has 8 heteroatoms. The molecule has 1 aliphatic heterocycles. The first-order valence-corrected chi connectivity index (χ1v) is 9.09. The van der Waals surface area contributed by atoms with Crippen LogP contribution in [0.3, 0.4) is 0 Å². The van der Waals surface area contributed by atoms with E-state index in [1.165, 1.54) is 11.3 Å². The van der Waals surface area contributed by atoms with Gasteiger partial charge in [0.25, 0.3) is 11.8 Å². The largest absolute Gasteiger partial charge is 0.348 e. The predicted octanol–water partition coefficient (Wildman–Crippen LogP) is 2.12. The fourth-order valence-corrected chi connectivity index (χ4v) is 3.51. The first-order valence-electron chi connectivity index (χ1n) is 8.21. The number of nitrogens with zero attached hydrogens (tertiary/aromatic N) is 3. The molecule has 4 rings (SSSR count). The third kappa shape index (κ3) is 3.34. The van der Waals surface area contributed by atoms with Gasteiger partial charge in [-0.1, -0.05) is 18.2 Å². The van der Waals surface area contributed by atoms with E-state index in [1.807, 2.05) is 23.6 Å². The Morgan fingerprint density at radius 1 is 1.00 bits per heavy atom.